The molecule has 2 aliphatic rings. The van der Waals surface area contributed by atoms with E-state index in [1.165, 1.54) is 75.8 Å². The minimum atomic E-state index is 0.707. The molecule has 1 N–H and O–H groups in total. The Morgan fingerprint density at radius 2 is 2.00 bits per heavy atom. The maximum atomic E-state index is 5.39. The van der Waals surface area contributed by atoms with Gasteiger partial charge in [0.1, 0.15) is 5.75 Å². The van der Waals surface area contributed by atoms with E-state index in [9.17, 15) is 0 Å². The lowest BCUT2D eigenvalue weighted by Crippen LogP contribution is -2.41. The SMILES string of the molecule is COc1ccc2n[nH]c(CN3CCCCC3CCN3CCCC3)c2c1. The highest BCUT2D eigenvalue weighted by molar-refractivity contribution is 5.82. The molecule has 1 aromatic carbocycles. The number of likely N-dealkylation sites (tertiary alicyclic amines) is 2. The summed E-state index contributed by atoms with van der Waals surface area (Å²) in [5.41, 5.74) is 2.25. The first-order valence-corrected chi connectivity index (χ1v) is 9.81. The molecule has 1 aromatic heterocycles. The fourth-order valence-corrected chi connectivity index (χ4v) is 4.43. The number of H-pyrrole nitrogens is 1. The fraction of sp³-hybridized carbons (Fsp3) is 0.650. The number of benzene rings is 1. The van der Waals surface area contributed by atoms with Crippen LogP contribution in [0.1, 0.15) is 44.2 Å². The zero-order valence-corrected chi connectivity index (χ0v) is 15.3. The molecule has 136 valence electrons. The molecule has 0 bridgehead atoms. The summed E-state index contributed by atoms with van der Waals surface area (Å²) in [7, 11) is 1.72. The number of aromatic nitrogens is 2. The van der Waals surface area contributed by atoms with E-state index in [0.29, 0.717) is 6.04 Å². The summed E-state index contributed by atoms with van der Waals surface area (Å²) in [6.07, 6.45) is 8.10. The molecular formula is C20H30N4O. The molecule has 0 radical (unpaired) electrons. The maximum absolute atomic E-state index is 5.39. The minimum absolute atomic E-state index is 0.707. The van der Waals surface area contributed by atoms with Gasteiger partial charge in [-0.05, 0) is 76.5 Å². The van der Waals surface area contributed by atoms with Gasteiger partial charge in [-0.2, -0.15) is 5.10 Å². The van der Waals surface area contributed by atoms with Crippen LogP contribution in [-0.2, 0) is 6.54 Å². The van der Waals surface area contributed by atoms with Gasteiger partial charge in [0.2, 0.25) is 0 Å². The molecule has 0 spiro atoms. The van der Waals surface area contributed by atoms with Crippen LogP contribution in [0.25, 0.3) is 10.9 Å². The number of rotatable bonds is 6. The lowest BCUT2D eigenvalue weighted by molar-refractivity contribution is 0.120. The highest BCUT2D eigenvalue weighted by atomic mass is 16.5. The van der Waals surface area contributed by atoms with Crippen molar-refractivity contribution in [2.75, 3.05) is 33.3 Å². The second kappa shape index (κ2) is 7.75. The van der Waals surface area contributed by atoms with Crippen LogP contribution < -0.4 is 4.74 Å². The predicted octanol–water partition coefficient (Wildman–Crippen LogP) is 3.41. The van der Waals surface area contributed by atoms with Crippen molar-refractivity contribution in [2.24, 2.45) is 0 Å². The molecule has 1 atom stereocenters. The first kappa shape index (κ1) is 16.9. The molecule has 2 aromatic rings. The van der Waals surface area contributed by atoms with E-state index >= 15 is 0 Å². The van der Waals surface area contributed by atoms with E-state index in [-0.39, 0.29) is 0 Å². The summed E-state index contributed by atoms with van der Waals surface area (Å²) < 4.78 is 5.39. The fourth-order valence-electron chi connectivity index (χ4n) is 4.43. The van der Waals surface area contributed by atoms with Gasteiger partial charge in [0.15, 0.2) is 0 Å². The number of fused-ring (bicyclic) bond motifs is 1. The third-order valence-electron chi connectivity index (χ3n) is 5.93. The first-order chi connectivity index (χ1) is 12.3. The van der Waals surface area contributed by atoms with Crippen molar-refractivity contribution in [3.8, 4) is 5.75 Å². The van der Waals surface area contributed by atoms with Gasteiger partial charge in [-0.25, -0.2) is 0 Å². The van der Waals surface area contributed by atoms with Crippen LogP contribution in [0.15, 0.2) is 18.2 Å². The van der Waals surface area contributed by atoms with Gasteiger partial charge in [0.25, 0.3) is 0 Å². The number of hydrogen-bond donors (Lipinski definition) is 1. The van der Waals surface area contributed by atoms with E-state index in [1.54, 1.807) is 7.11 Å². The van der Waals surface area contributed by atoms with Crippen LogP contribution in [0.3, 0.4) is 0 Å². The van der Waals surface area contributed by atoms with Gasteiger partial charge in [-0.3, -0.25) is 10.00 Å². The Hall–Kier alpha value is -1.59. The molecule has 5 heteroatoms. The van der Waals surface area contributed by atoms with Crippen LogP contribution >= 0.6 is 0 Å². The van der Waals surface area contributed by atoms with Crippen LogP contribution in [-0.4, -0.2) is 59.3 Å². The average Bonchev–Trinajstić information content (AvgIpc) is 3.31. The molecule has 25 heavy (non-hydrogen) atoms. The van der Waals surface area contributed by atoms with Gasteiger partial charge in [-0.15, -0.1) is 0 Å². The standard InChI is InChI=1S/C20H30N4O/c1-25-17-7-8-19-18(14-17)20(22-21-19)15-24-12-3-2-6-16(24)9-13-23-10-4-5-11-23/h7-8,14,16H,2-6,9-13,15H2,1H3,(H,21,22). The van der Waals surface area contributed by atoms with Crippen molar-refractivity contribution < 1.29 is 4.74 Å². The van der Waals surface area contributed by atoms with E-state index in [0.717, 1.165) is 17.8 Å². The molecule has 2 saturated heterocycles. The molecule has 0 amide bonds. The topological polar surface area (TPSA) is 44.4 Å². The normalized spacial score (nSPS) is 22.7. The monoisotopic (exact) mass is 342 g/mol. The molecule has 5 nitrogen and oxygen atoms in total. The zero-order valence-electron chi connectivity index (χ0n) is 15.3. The molecular weight excluding hydrogens is 312 g/mol. The highest BCUT2D eigenvalue weighted by Gasteiger charge is 2.24. The first-order valence-electron chi connectivity index (χ1n) is 9.81. The van der Waals surface area contributed by atoms with Crippen molar-refractivity contribution in [2.45, 2.75) is 51.1 Å². The Morgan fingerprint density at radius 3 is 2.84 bits per heavy atom. The van der Waals surface area contributed by atoms with E-state index in [4.69, 9.17) is 4.74 Å². The third kappa shape index (κ3) is 3.82. The van der Waals surface area contributed by atoms with Crippen molar-refractivity contribution >= 4 is 10.9 Å². The Kier molecular flexibility index (Phi) is 5.22. The molecule has 2 aliphatic heterocycles. The van der Waals surface area contributed by atoms with Gasteiger partial charge in [0.05, 0.1) is 18.3 Å². The minimum Gasteiger partial charge on any atom is -0.497 e. The van der Waals surface area contributed by atoms with Gasteiger partial charge in [-0.1, -0.05) is 6.42 Å². The Bertz CT molecular complexity index is 692. The van der Waals surface area contributed by atoms with Crippen LogP contribution in [0.2, 0.25) is 0 Å². The Labute approximate surface area is 150 Å². The second-order valence-corrected chi connectivity index (χ2v) is 7.54. The molecule has 1 unspecified atom stereocenters. The predicted molar refractivity (Wildman–Crippen MR) is 101 cm³/mol. The third-order valence-corrected chi connectivity index (χ3v) is 5.93. The van der Waals surface area contributed by atoms with Crippen molar-refractivity contribution in [1.29, 1.82) is 0 Å². The Morgan fingerprint density at radius 1 is 1.16 bits per heavy atom. The van der Waals surface area contributed by atoms with Crippen LogP contribution in [0, 0.1) is 0 Å². The number of piperidine rings is 1. The summed E-state index contributed by atoms with van der Waals surface area (Å²) in [6.45, 7) is 6.04. The summed E-state index contributed by atoms with van der Waals surface area (Å²) in [5.74, 6) is 0.902. The number of nitrogens with zero attached hydrogens (tertiary/aromatic N) is 3. The summed E-state index contributed by atoms with van der Waals surface area (Å²) >= 11 is 0. The van der Waals surface area contributed by atoms with Crippen molar-refractivity contribution in [3.63, 3.8) is 0 Å². The van der Waals surface area contributed by atoms with E-state index in [1.807, 2.05) is 12.1 Å². The van der Waals surface area contributed by atoms with Crippen molar-refractivity contribution in [3.05, 3.63) is 23.9 Å². The number of hydrogen-bond acceptors (Lipinski definition) is 4. The van der Waals surface area contributed by atoms with E-state index < -0.39 is 0 Å². The highest BCUT2D eigenvalue weighted by Crippen LogP contribution is 2.27. The Balaban J connectivity index is 1.45. The second-order valence-electron chi connectivity index (χ2n) is 7.54. The molecule has 4 rings (SSSR count). The molecule has 2 fully saturated rings. The van der Waals surface area contributed by atoms with Crippen LogP contribution in [0.4, 0.5) is 0 Å². The smallest absolute Gasteiger partial charge is 0.119 e. The number of methoxy groups -OCH3 is 1. The number of ether oxygens (including phenoxy) is 1. The van der Waals surface area contributed by atoms with E-state index in [2.05, 4.69) is 26.1 Å². The van der Waals surface area contributed by atoms with Crippen LogP contribution in [0.5, 0.6) is 5.75 Å². The molecule has 3 heterocycles. The van der Waals surface area contributed by atoms with Gasteiger partial charge in [0, 0.05) is 18.0 Å². The lowest BCUT2D eigenvalue weighted by Gasteiger charge is -2.36. The summed E-state index contributed by atoms with van der Waals surface area (Å²) in [4.78, 5) is 5.31. The molecule has 0 aliphatic carbocycles. The molecule has 0 saturated carbocycles. The lowest BCUT2D eigenvalue weighted by atomic mass is 9.98. The summed E-state index contributed by atoms with van der Waals surface area (Å²) in [5, 5.41) is 8.95. The zero-order chi connectivity index (χ0) is 17.1. The largest absolute Gasteiger partial charge is 0.497 e. The van der Waals surface area contributed by atoms with Crippen molar-refractivity contribution in [1.82, 2.24) is 20.0 Å². The number of aromatic amines is 1. The number of nitrogens with one attached hydrogen (secondary N) is 1. The van der Waals surface area contributed by atoms with Gasteiger partial charge < -0.3 is 9.64 Å². The quantitative estimate of drug-likeness (QED) is 0.874. The maximum Gasteiger partial charge on any atom is 0.119 e. The summed E-state index contributed by atoms with van der Waals surface area (Å²) in [6, 6.07) is 6.83. The average molecular weight is 342 g/mol. The van der Waals surface area contributed by atoms with Gasteiger partial charge >= 0.3 is 0 Å².